The van der Waals surface area contributed by atoms with Gasteiger partial charge in [-0.3, -0.25) is 4.68 Å². The van der Waals surface area contributed by atoms with E-state index in [1.807, 2.05) is 25.2 Å². The standard InChI is InChI=1S/C15H17Cl2N3/c1-20-15(18)13(10-6-7-11(16)12(17)8-10)14(19-20)9-4-2-3-5-9/h6-9H,2-5,18H2,1H3. The molecule has 1 aliphatic rings. The van der Waals surface area contributed by atoms with Crippen LogP contribution in [0.2, 0.25) is 10.0 Å². The SMILES string of the molecule is Cn1nc(C2CCCC2)c(-c2ccc(Cl)c(Cl)c2)c1N. The van der Waals surface area contributed by atoms with Gasteiger partial charge in [-0.15, -0.1) is 0 Å². The number of nitrogens with two attached hydrogens (primary N) is 1. The summed E-state index contributed by atoms with van der Waals surface area (Å²) < 4.78 is 1.76. The Bertz CT molecular complexity index is 643. The number of rotatable bonds is 2. The Morgan fingerprint density at radius 3 is 2.55 bits per heavy atom. The Morgan fingerprint density at radius 1 is 1.20 bits per heavy atom. The van der Waals surface area contributed by atoms with Crippen LogP contribution in [0.4, 0.5) is 5.82 Å². The van der Waals surface area contributed by atoms with Gasteiger partial charge >= 0.3 is 0 Å². The average molecular weight is 310 g/mol. The lowest BCUT2D eigenvalue weighted by molar-refractivity contribution is 0.661. The van der Waals surface area contributed by atoms with Crippen molar-refractivity contribution in [1.82, 2.24) is 9.78 Å². The lowest BCUT2D eigenvalue weighted by Gasteiger charge is -2.10. The zero-order chi connectivity index (χ0) is 14.3. The summed E-state index contributed by atoms with van der Waals surface area (Å²) in [5.41, 5.74) is 9.32. The van der Waals surface area contributed by atoms with Crippen LogP contribution in [0.5, 0.6) is 0 Å². The molecule has 20 heavy (non-hydrogen) atoms. The van der Waals surface area contributed by atoms with Crippen LogP contribution < -0.4 is 5.73 Å². The molecule has 2 N–H and O–H groups in total. The quantitative estimate of drug-likeness (QED) is 0.878. The molecule has 1 aromatic heterocycles. The van der Waals surface area contributed by atoms with Crippen LogP contribution in [0.3, 0.4) is 0 Å². The van der Waals surface area contributed by atoms with Crippen LogP contribution >= 0.6 is 23.2 Å². The van der Waals surface area contributed by atoms with Gasteiger partial charge in [-0.1, -0.05) is 42.1 Å². The summed E-state index contributed by atoms with van der Waals surface area (Å²) in [5, 5.41) is 5.74. The lowest BCUT2D eigenvalue weighted by atomic mass is 9.95. The van der Waals surface area contributed by atoms with Gasteiger partial charge in [-0.25, -0.2) is 0 Å². The van der Waals surface area contributed by atoms with Gasteiger partial charge < -0.3 is 5.73 Å². The normalized spacial score (nSPS) is 15.9. The molecule has 1 heterocycles. The molecule has 5 heteroatoms. The summed E-state index contributed by atoms with van der Waals surface area (Å²) in [4.78, 5) is 0. The molecular weight excluding hydrogens is 293 g/mol. The number of hydrogen-bond donors (Lipinski definition) is 1. The van der Waals surface area contributed by atoms with E-state index in [9.17, 15) is 0 Å². The van der Waals surface area contributed by atoms with Crippen molar-refractivity contribution in [3.8, 4) is 11.1 Å². The van der Waals surface area contributed by atoms with Crippen LogP contribution in [0.25, 0.3) is 11.1 Å². The molecule has 0 spiro atoms. The van der Waals surface area contributed by atoms with Gasteiger partial charge in [0.2, 0.25) is 0 Å². The molecule has 0 unspecified atom stereocenters. The molecule has 2 aromatic rings. The van der Waals surface area contributed by atoms with Crippen molar-refractivity contribution in [3.05, 3.63) is 33.9 Å². The van der Waals surface area contributed by atoms with Gasteiger partial charge in [0.05, 0.1) is 15.7 Å². The van der Waals surface area contributed by atoms with E-state index in [0.29, 0.717) is 21.8 Å². The highest BCUT2D eigenvalue weighted by molar-refractivity contribution is 6.42. The van der Waals surface area contributed by atoms with Gasteiger partial charge in [0.15, 0.2) is 0 Å². The Morgan fingerprint density at radius 2 is 1.90 bits per heavy atom. The van der Waals surface area contributed by atoms with Gasteiger partial charge in [-0.05, 0) is 30.5 Å². The first-order chi connectivity index (χ1) is 9.58. The second kappa shape index (κ2) is 5.30. The molecule has 3 nitrogen and oxygen atoms in total. The fourth-order valence-electron chi connectivity index (χ4n) is 2.99. The number of benzene rings is 1. The highest BCUT2D eigenvalue weighted by atomic mass is 35.5. The number of anilines is 1. The summed E-state index contributed by atoms with van der Waals surface area (Å²) >= 11 is 12.1. The third-order valence-electron chi connectivity index (χ3n) is 4.07. The summed E-state index contributed by atoms with van der Waals surface area (Å²) in [6.45, 7) is 0. The predicted octanol–water partition coefficient (Wildman–Crippen LogP) is 4.63. The van der Waals surface area contributed by atoms with Crippen LogP contribution in [-0.2, 0) is 7.05 Å². The Hall–Kier alpha value is -1.19. The fourth-order valence-corrected chi connectivity index (χ4v) is 3.29. The molecule has 0 amide bonds. The van der Waals surface area contributed by atoms with Crippen molar-refractivity contribution in [1.29, 1.82) is 0 Å². The zero-order valence-corrected chi connectivity index (χ0v) is 12.9. The van der Waals surface area contributed by atoms with E-state index < -0.39 is 0 Å². The van der Waals surface area contributed by atoms with Gasteiger partial charge in [0, 0.05) is 18.5 Å². The first-order valence-corrected chi connectivity index (χ1v) is 7.61. The maximum Gasteiger partial charge on any atom is 0.129 e. The van der Waals surface area contributed by atoms with Crippen molar-refractivity contribution >= 4 is 29.0 Å². The molecule has 0 saturated heterocycles. The summed E-state index contributed by atoms with van der Waals surface area (Å²) in [7, 11) is 1.88. The number of aryl methyl sites for hydroxylation is 1. The van der Waals surface area contributed by atoms with E-state index >= 15 is 0 Å². The van der Waals surface area contributed by atoms with E-state index in [1.54, 1.807) is 4.68 Å². The second-order valence-electron chi connectivity index (χ2n) is 5.38. The van der Waals surface area contributed by atoms with E-state index in [4.69, 9.17) is 28.9 Å². The maximum absolute atomic E-state index is 6.22. The second-order valence-corrected chi connectivity index (χ2v) is 6.19. The highest BCUT2D eigenvalue weighted by Gasteiger charge is 2.26. The van der Waals surface area contributed by atoms with Crippen LogP contribution in [-0.4, -0.2) is 9.78 Å². The topological polar surface area (TPSA) is 43.8 Å². The smallest absolute Gasteiger partial charge is 0.129 e. The maximum atomic E-state index is 6.22. The third kappa shape index (κ3) is 2.29. The van der Waals surface area contributed by atoms with Crippen molar-refractivity contribution in [2.24, 2.45) is 7.05 Å². The summed E-state index contributed by atoms with van der Waals surface area (Å²) in [6, 6.07) is 5.64. The molecule has 0 radical (unpaired) electrons. The number of aromatic nitrogens is 2. The largest absolute Gasteiger partial charge is 0.383 e. The highest BCUT2D eigenvalue weighted by Crippen LogP contribution is 2.42. The van der Waals surface area contributed by atoms with Crippen LogP contribution in [0.1, 0.15) is 37.3 Å². The molecule has 3 rings (SSSR count). The van der Waals surface area contributed by atoms with E-state index in [-0.39, 0.29) is 0 Å². The fraction of sp³-hybridized carbons (Fsp3) is 0.400. The first kappa shape index (κ1) is 13.8. The molecule has 106 valence electrons. The van der Waals surface area contributed by atoms with Crippen molar-refractivity contribution in [3.63, 3.8) is 0 Å². The monoisotopic (exact) mass is 309 g/mol. The Balaban J connectivity index is 2.13. The zero-order valence-electron chi connectivity index (χ0n) is 11.4. The van der Waals surface area contributed by atoms with Crippen molar-refractivity contribution in [2.75, 3.05) is 5.73 Å². The molecule has 0 atom stereocenters. The van der Waals surface area contributed by atoms with Crippen molar-refractivity contribution in [2.45, 2.75) is 31.6 Å². The minimum Gasteiger partial charge on any atom is -0.383 e. The molecule has 1 fully saturated rings. The molecule has 0 aliphatic heterocycles. The lowest BCUT2D eigenvalue weighted by Crippen LogP contribution is -1.98. The van der Waals surface area contributed by atoms with Crippen LogP contribution in [0, 0.1) is 0 Å². The van der Waals surface area contributed by atoms with E-state index in [2.05, 4.69) is 5.10 Å². The van der Waals surface area contributed by atoms with Gasteiger partial charge in [0.1, 0.15) is 5.82 Å². The third-order valence-corrected chi connectivity index (χ3v) is 4.81. The Kier molecular flexibility index (Phi) is 3.65. The minimum absolute atomic E-state index is 0.503. The van der Waals surface area contributed by atoms with E-state index in [1.165, 1.54) is 25.7 Å². The summed E-state index contributed by atoms with van der Waals surface area (Å²) in [5.74, 6) is 1.19. The van der Waals surface area contributed by atoms with E-state index in [0.717, 1.165) is 16.8 Å². The number of halogens is 2. The molecule has 1 saturated carbocycles. The molecule has 0 bridgehead atoms. The summed E-state index contributed by atoms with van der Waals surface area (Å²) in [6.07, 6.45) is 4.90. The van der Waals surface area contributed by atoms with Gasteiger partial charge in [-0.2, -0.15) is 5.10 Å². The Labute approximate surface area is 128 Å². The van der Waals surface area contributed by atoms with Crippen molar-refractivity contribution < 1.29 is 0 Å². The number of hydrogen-bond acceptors (Lipinski definition) is 2. The molecular formula is C15H17Cl2N3. The molecule has 1 aliphatic carbocycles. The van der Waals surface area contributed by atoms with Gasteiger partial charge in [0.25, 0.3) is 0 Å². The number of nitrogens with zero attached hydrogens (tertiary/aromatic N) is 2. The number of nitrogen functional groups attached to an aromatic ring is 1. The first-order valence-electron chi connectivity index (χ1n) is 6.85. The minimum atomic E-state index is 0.503. The molecule has 1 aromatic carbocycles. The predicted molar refractivity (Wildman–Crippen MR) is 84.3 cm³/mol. The van der Waals surface area contributed by atoms with Crippen LogP contribution in [0.15, 0.2) is 18.2 Å². The average Bonchev–Trinajstić information content (AvgIpc) is 3.03.